The van der Waals surface area contributed by atoms with Gasteiger partial charge in [0.25, 0.3) is 5.69 Å². The van der Waals surface area contributed by atoms with Gasteiger partial charge in [-0.2, -0.15) is 0 Å². The molecule has 3 saturated heterocycles. The van der Waals surface area contributed by atoms with E-state index in [1.807, 2.05) is 17.2 Å². The molecule has 27 heavy (non-hydrogen) atoms. The van der Waals surface area contributed by atoms with Gasteiger partial charge in [-0.05, 0) is 42.5 Å². The first-order chi connectivity index (χ1) is 13.1. The molecule has 5 heterocycles. The third-order valence-electron chi connectivity index (χ3n) is 8.24. The van der Waals surface area contributed by atoms with E-state index in [0.29, 0.717) is 24.3 Å². The van der Waals surface area contributed by atoms with E-state index in [1.54, 1.807) is 12.1 Å². The van der Waals surface area contributed by atoms with Gasteiger partial charge in [-0.3, -0.25) is 19.8 Å². The number of hydrogen-bond donors (Lipinski definition) is 0. The number of benzene rings is 1. The van der Waals surface area contributed by atoms with Crippen LogP contribution in [0.1, 0.15) is 24.8 Å². The molecule has 1 aromatic carbocycles. The maximum atomic E-state index is 13.1. The average Bonchev–Trinajstić information content (AvgIpc) is 3.20. The van der Waals surface area contributed by atoms with Crippen molar-refractivity contribution in [2.75, 3.05) is 18.0 Å². The van der Waals surface area contributed by atoms with E-state index in [-0.39, 0.29) is 34.1 Å². The number of fused-ring (bicyclic) bond motifs is 2. The Morgan fingerprint density at radius 1 is 1.33 bits per heavy atom. The molecule has 138 valence electrons. The molecular formula is C20H19N3O4. The normalized spacial score (nSPS) is 42.5. The van der Waals surface area contributed by atoms with Crippen LogP contribution in [0.15, 0.2) is 30.0 Å². The Morgan fingerprint density at radius 2 is 2.22 bits per heavy atom. The van der Waals surface area contributed by atoms with Crippen LogP contribution in [-0.2, 0) is 14.9 Å². The van der Waals surface area contributed by atoms with E-state index in [0.717, 1.165) is 37.2 Å². The number of nitro benzene ring substituents is 1. The average molecular weight is 365 g/mol. The molecule has 0 N–H and O–H groups in total. The van der Waals surface area contributed by atoms with Crippen molar-refractivity contribution in [2.45, 2.75) is 42.9 Å². The molecule has 6 atom stereocenters. The molecule has 7 heteroatoms. The highest BCUT2D eigenvalue weighted by Crippen LogP contribution is 2.66. The fraction of sp³-hybridized carbons (Fsp3) is 0.550. The van der Waals surface area contributed by atoms with Crippen LogP contribution in [0.3, 0.4) is 0 Å². The second-order valence-electron chi connectivity index (χ2n) is 8.93. The highest BCUT2D eigenvalue weighted by molar-refractivity contribution is 5.99. The molecule has 0 unspecified atom stereocenters. The largest absolute Gasteiger partial charge is 0.497 e. The molecule has 4 fully saturated rings. The van der Waals surface area contributed by atoms with Gasteiger partial charge in [0.2, 0.25) is 5.91 Å². The van der Waals surface area contributed by atoms with Crippen molar-refractivity contribution >= 4 is 17.3 Å². The summed E-state index contributed by atoms with van der Waals surface area (Å²) in [5.41, 5.74) is 3.24. The molecular weight excluding hydrogens is 346 g/mol. The van der Waals surface area contributed by atoms with E-state index in [2.05, 4.69) is 4.90 Å². The number of hydrogen-bond acceptors (Lipinski definition) is 5. The van der Waals surface area contributed by atoms with Crippen LogP contribution in [0, 0.1) is 22.0 Å². The number of piperidine rings is 2. The zero-order chi connectivity index (χ0) is 18.1. The number of amides is 1. The summed E-state index contributed by atoms with van der Waals surface area (Å²) in [6.07, 6.45) is 4.33. The van der Waals surface area contributed by atoms with E-state index in [4.69, 9.17) is 4.74 Å². The topological polar surface area (TPSA) is 75.9 Å². The number of nitrogens with zero attached hydrogens (tertiary/aromatic N) is 3. The number of nitro groups is 1. The summed E-state index contributed by atoms with van der Waals surface area (Å²) in [7, 11) is 0. The minimum Gasteiger partial charge on any atom is -0.497 e. The molecule has 5 aliphatic heterocycles. The Balaban J connectivity index is 1.54. The lowest BCUT2D eigenvalue weighted by molar-refractivity contribution is -0.384. The zero-order valence-corrected chi connectivity index (χ0v) is 14.7. The molecule has 0 radical (unpaired) electrons. The van der Waals surface area contributed by atoms with Crippen molar-refractivity contribution in [1.29, 1.82) is 0 Å². The quantitative estimate of drug-likeness (QED) is 0.562. The molecule has 7 nitrogen and oxygen atoms in total. The third-order valence-corrected chi connectivity index (χ3v) is 8.24. The van der Waals surface area contributed by atoms with Gasteiger partial charge in [-0.25, -0.2) is 0 Å². The summed E-state index contributed by atoms with van der Waals surface area (Å²) in [6.45, 7) is 1.91. The van der Waals surface area contributed by atoms with Crippen molar-refractivity contribution < 1.29 is 14.5 Å². The van der Waals surface area contributed by atoms with Gasteiger partial charge < -0.3 is 9.64 Å². The second kappa shape index (κ2) is 4.35. The summed E-state index contributed by atoms with van der Waals surface area (Å²) < 4.78 is 6.08. The maximum absolute atomic E-state index is 13.1. The number of anilines is 1. The molecule has 1 saturated carbocycles. The molecule has 0 aromatic heterocycles. The van der Waals surface area contributed by atoms with E-state index in [1.165, 1.54) is 5.57 Å². The predicted molar refractivity (Wildman–Crippen MR) is 95.2 cm³/mol. The molecule has 7 rings (SSSR count). The van der Waals surface area contributed by atoms with Gasteiger partial charge in [0.1, 0.15) is 6.10 Å². The van der Waals surface area contributed by atoms with Gasteiger partial charge in [0.15, 0.2) is 0 Å². The molecule has 2 bridgehead atoms. The Hall–Kier alpha value is -2.41. The number of carbonyl (C=O) groups excluding carboxylic acids is 1. The number of carbonyl (C=O) groups is 1. The third kappa shape index (κ3) is 1.43. The Labute approximate surface area is 155 Å². The highest BCUT2D eigenvalue weighted by atomic mass is 16.6. The molecule has 1 aromatic rings. The first-order valence-corrected chi connectivity index (χ1v) is 9.79. The van der Waals surface area contributed by atoms with Gasteiger partial charge in [-0.1, -0.05) is 0 Å². The Kier molecular flexibility index (Phi) is 2.36. The lowest BCUT2D eigenvalue weighted by atomic mass is 9.53. The van der Waals surface area contributed by atoms with Crippen molar-refractivity contribution in [2.24, 2.45) is 11.8 Å². The Bertz CT molecular complexity index is 974. The first-order valence-electron chi connectivity index (χ1n) is 9.79. The van der Waals surface area contributed by atoms with Gasteiger partial charge in [0, 0.05) is 41.7 Å². The van der Waals surface area contributed by atoms with Crippen LogP contribution in [0.5, 0.6) is 0 Å². The van der Waals surface area contributed by atoms with Crippen LogP contribution in [0.25, 0.3) is 0 Å². The number of ether oxygens (including phenoxy) is 1. The monoisotopic (exact) mass is 365 g/mol. The smallest absolute Gasteiger partial charge is 0.269 e. The van der Waals surface area contributed by atoms with Gasteiger partial charge in [-0.15, -0.1) is 0 Å². The minimum absolute atomic E-state index is 0.0539. The SMILES string of the molecule is O=C1C[C@@H]2OC=C3CN4CC[C@@]56c7cc([N+](=O)[O-])ccc7N1[C@H]5[C@H]2[C@H]3C[C@@H]46. The summed E-state index contributed by atoms with van der Waals surface area (Å²) in [4.78, 5) is 28.8. The number of non-ortho nitro benzene ring substituents is 1. The van der Waals surface area contributed by atoms with E-state index in [9.17, 15) is 14.9 Å². The first kappa shape index (κ1) is 14.6. The second-order valence-corrected chi connectivity index (χ2v) is 8.93. The summed E-state index contributed by atoms with van der Waals surface area (Å²) >= 11 is 0. The maximum Gasteiger partial charge on any atom is 0.269 e. The van der Waals surface area contributed by atoms with Crippen LogP contribution in [0.2, 0.25) is 0 Å². The predicted octanol–water partition coefficient (Wildman–Crippen LogP) is 1.96. The van der Waals surface area contributed by atoms with Crippen LogP contribution >= 0.6 is 0 Å². The van der Waals surface area contributed by atoms with Crippen LogP contribution in [-0.4, -0.2) is 47.0 Å². The Morgan fingerprint density at radius 3 is 3.07 bits per heavy atom. The summed E-state index contributed by atoms with van der Waals surface area (Å²) in [6, 6.07) is 5.55. The van der Waals surface area contributed by atoms with Crippen molar-refractivity contribution in [3.63, 3.8) is 0 Å². The van der Waals surface area contributed by atoms with E-state index >= 15 is 0 Å². The van der Waals surface area contributed by atoms with Crippen molar-refractivity contribution in [3.8, 4) is 0 Å². The van der Waals surface area contributed by atoms with Crippen LogP contribution in [0.4, 0.5) is 11.4 Å². The molecule has 1 spiro atoms. The van der Waals surface area contributed by atoms with E-state index < -0.39 is 0 Å². The molecule has 1 amide bonds. The van der Waals surface area contributed by atoms with Gasteiger partial charge in [0.05, 0.1) is 23.6 Å². The highest BCUT2D eigenvalue weighted by Gasteiger charge is 2.71. The minimum atomic E-state index is -0.317. The zero-order valence-electron chi connectivity index (χ0n) is 14.7. The fourth-order valence-corrected chi connectivity index (χ4v) is 7.42. The standard InChI is InChI=1S/C20H19N3O4/c24-17-7-15-18-12-6-16-20(3-4-21(16)8-10(12)9-27-15)13-5-11(23(25)26)1-2-14(13)22(17)19(18)20/h1-2,5,9,12,15-16,18-19H,3-4,6-8H2/t12-,15-,16+,18-,19-,20-/m0/s1. The lowest BCUT2D eigenvalue weighted by Crippen LogP contribution is -2.70. The number of rotatable bonds is 1. The molecule has 6 aliphatic rings. The van der Waals surface area contributed by atoms with Gasteiger partial charge >= 0.3 is 0 Å². The van der Waals surface area contributed by atoms with Crippen molar-refractivity contribution in [1.82, 2.24) is 4.90 Å². The van der Waals surface area contributed by atoms with Crippen LogP contribution < -0.4 is 4.90 Å². The lowest BCUT2D eigenvalue weighted by Gasteiger charge is -2.60. The summed E-state index contributed by atoms with van der Waals surface area (Å²) in [5.74, 6) is 0.871. The van der Waals surface area contributed by atoms with Crippen molar-refractivity contribution in [3.05, 3.63) is 45.7 Å². The molecule has 1 aliphatic carbocycles. The summed E-state index contributed by atoms with van der Waals surface area (Å²) in [5, 5.41) is 11.5. The fourth-order valence-electron chi connectivity index (χ4n) is 7.42.